The second kappa shape index (κ2) is 5.83. The van der Waals surface area contributed by atoms with Crippen molar-refractivity contribution in [2.75, 3.05) is 13.1 Å². The van der Waals surface area contributed by atoms with Gasteiger partial charge in [-0.1, -0.05) is 0 Å². The van der Waals surface area contributed by atoms with Gasteiger partial charge >= 0.3 is 0 Å². The summed E-state index contributed by atoms with van der Waals surface area (Å²) in [6, 6.07) is 0.922. The summed E-state index contributed by atoms with van der Waals surface area (Å²) in [7, 11) is 0. The van der Waals surface area contributed by atoms with Crippen LogP contribution in [0.25, 0.3) is 0 Å². The Labute approximate surface area is 115 Å². The number of hydrogen-bond donors (Lipinski definition) is 1. The van der Waals surface area contributed by atoms with Crippen LogP contribution in [-0.4, -0.2) is 29.9 Å². The first-order chi connectivity index (χ1) is 9.43. The number of likely N-dealkylation sites (tertiary alicyclic amines) is 1. The summed E-state index contributed by atoms with van der Waals surface area (Å²) >= 11 is 0. The van der Waals surface area contributed by atoms with Gasteiger partial charge in [0.1, 0.15) is 23.0 Å². The number of halogens is 3. The molecule has 3 nitrogen and oxygen atoms in total. The van der Waals surface area contributed by atoms with Gasteiger partial charge in [0.25, 0.3) is 5.91 Å². The summed E-state index contributed by atoms with van der Waals surface area (Å²) in [5.41, 5.74) is 4.90. The van der Waals surface area contributed by atoms with Gasteiger partial charge in [-0.25, -0.2) is 13.2 Å². The number of nitrogens with zero attached hydrogens (tertiary/aromatic N) is 1. The average molecular weight is 286 g/mol. The quantitative estimate of drug-likeness (QED) is 0.906. The summed E-state index contributed by atoms with van der Waals surface area (Å²) in [5.74, 6) is -4.00. The first-order valence-corrected chi connectivity index (χ1v) is 6.59. The minimum atomic E-state index is -1.17. The smallest absolute Gasteiger partial charge is 0.260 e. The molecule has 1 fully saturated rings. The molecule has 1 aliphatic heterocycles. The standard InChI is InChI=1S/C14H17F3N2O/c1-8-2-3-9(6-18)7-19(8)14(20)13-11(16)4-10(15)5-12(13)17/h4-5,8-9H,2-3,6-7,18H2,1H3. The van der Waals surface area contributed by atoms with Crippen molar-refractivity contribution in [3.63, 3.8) is 0 Å². The summed E-state index contributed by atoms with van der Waals surface area (Å²) in [6.07, 6.45) is 1.62. The van der Waals surface area contributed by atoms with Crippen LogP contribution >= 0.6 is 0 Å². The van der Waals surface area contributed by atoms with E-state index in [0.29, 0.717) is 25.2 Å². The van der Waals surface area contributed by atoms with Gasteiger partial charge in [-0.15, -0.1) is 0 Å². The van der Waals surface area contributed by atoms with E-state index in [1.54, 1.807) is 0 Å². The lowest BCUT2D eigenvalue weighted by molar-refractivity contribution is 0.0557. The van der Waals surface area contributed by atoms with Crippen LogP contribution in [0.3, 0.4) is 0 Å². The third-order valence-electron chi connectivity index (χ3n) is 3.79. The van der Waals surface area contributed by atoms with Gasteiger partial charge in [0.05, 0.1) is 0 Å². The Bertz CT molecular complexity index is 498. The maximum atomic E-state index is 13.7. The van der Waals surface area contributed by atoms with Crippen LogP contribution in [0, 0.1) is 23.4 Å². The normalized spacial score (nSPS) is 22.9. The topological polar surface area (TPSA) is 46.3 Å². The lowest BCUT2D eigenvalue weighted by atomic mass is 9.93. The minimum Gasteiger partial charge on any atom is -0.335 e. The number of hydrogen-bond acceptors (Lipinski definition) is 2. The fraction of sp³-hybridized carbons (Fsp3) is 0.500. The molecule has 1 heterocycles. The molecule has 1 aromatic carbocycles. The zero-order valence-corrected chi connectivity index (χ0v) is 11.2. The molecule has 1 aromatic rings. The Morgan fingerprint density at radius 3 is 2.45 bits per heavy atom. The number of carbonyl (C=O) groups is 1. The Morgan fingerprint density at radius 2 is 1.90 bits per heavy atom. The molecule has 6 heteroatoms. The largest absolute Gasteiger partial charge is 0.335 e. The lowest BCUT2D eigenvalue weighted by Gasteiger charge is -2.37. The van der Waals surface area contributed by atoms with E-state index in [4.69, 9.17) is 5.73 Å². The molecule has 0 aliphatic carbocycles. The first-order valence-electron chi connectivity index (χ1n) is 6.59. The number of nitrogens with two attached hydrogens (primary N) is 1. The maximum Gasteiger partial charge on any atom is 0.260 e. The van der Waals surface area contributed by atoms with Crippen molar-refractivity contribution in [3.8, 4) is 0 Å². The van der Waals surface area contributed by atoms with Gasteiger partial charge in [0.2, 0.25) is 0 Å². The van der Waals surface area contributed by atoms with E-state index in [0.717, 1.165) is 12.8 Å². The predicted molar refractivity (Wildman–Crippen MR) is 68.6 cm³/mol. The minimum absolute atomic E-state index is 0.117. The molecule has 0 aromatic heterocycles. The van der Waals surface area contributed by atoms with Crippen molar-refractivity contribution in [2.24, 2.45) is 11.7 Å². The third-order valence-corrected chi connectivity index (χ3v) is 3.79. The second-order valence-electron chi connectivity index (χ2n) is 5.23. The molecule has 1 aliphatic rings. The maximum absolute atomic E-state index is 13.7. The van der Waals surface area contributed by atoms with Crippen molar-refractivity contribution < 1.29 is 18.0 Å². The highest BCUT2D eigenvalue weighted by Gasteiger charge is 2.32. The van der Waals surface area contributed by atoms with Crippen molar-refractivity contribution >= 4 is 5.91 Å². The van der Waals surface area contributed by atoms with Gasteiger partial charge < -0.3 is 10.6 Å². The summed E-state index contributed by atoms with van der Waals surface area (Å²) in [4.78, 5) is 13.7. The Balaban J connectivity index is 2.30. The van der Waals surface area contributed by atoms with Crippen LogP contribution in [0.5, 0.6) is 0 Å². The molecular weight excluding hydrogens is 269 g/mol. The van der Waals surface area contributed by atoms with E-state index in [-0.39, 0.29) is 12.0 Å². The molecular formula is C14H17F3N2O. The Hall–Kier alpha value is -1.56. The van der Waals surface area contributed by atoms with E-state index < -0.39 is 28.9 Å². The van der Waals surface area contributed by atoms with Crippen LogP contribution < -0.4 is 5.73 Å². The molecule has 110 valence electrons. The van der Waals surface area contributed by atoms with Crippen LogP contribution in [-0.2, 0) is 0 Å². The van der Waals surface area contributed by atoms with Crippen LogP contribution in [0.1, 0.15) is 30.1 Å². The Morgan fingerprint density at radius 1 is 1.30 bits per heavy atom. The summed E-state index contributed by atoms with van der Waals surface area (Å²) < 4.78 is 40.2. The molecule has 2 rings (SSSR count). The Kier molecular flexibility index (Phi) is 4.32. The number of piperidine rings is 1. The SMILES string of the molecule is CC1CCC(CN)CN1C(=O)c1c(F)cc(F)cc1F. The van der Waals surface area contributed by atoms with Crippen LogP contribution in [0.2, 0.25) is 0 Å². The van der Waals surface area contributed by atoms with Crippen LogP contribution in [0.4, 0.5) is 13.2 Å². The molecule has 1 saturated heterocycles. The van der Waals surface area contributed by atoms with Gasteiger partial charge in [-0.3, -0.25) is 4.79 Å². The molecule has 2 N–H and O–H groups in total. The summed E-state index contributed by atoms with van der Waals surface area (Å²) in [6.45, 7) is 2.61. The van der Waals surface area contributed by atoms with E-state index in [1.807, 2.05) is 6.92 Å². The number of amides is 1. The molecule has 0 saturated carbocycles. The van der Waals surface area contributed by atoms with Gasteiger partial charge in [0, 0.05) is 24.7 Å². The zero-order chi connectivity index (χ0) is 14.9. The van der Waals surface area contributed by atoms with E-state index in [1.165, 1.54) is 4.90 Å². The average Bonchev–Trinajstić information content (AvgIpc) is 2.37. The highest BCUT2D eigenvalue weighted by Crippen LogP contribution is 2.25. The first kappa shape index (κ1) is 14.8. The predicted octanol–water partition coefficient (Wildman–Crippen LogP) is 2.30. The molecule has 2 atom stereocenters. The number of rotatable bonds is 2. The second-order valence-corrected chi connectivity index (χ2v) is 5.23. The monoisotopic (exact) mass is 286 g/mol. The van der Waals surface area contributed by atoms with Crippen LogP contribution in [0.15, 0.2) is 12.1 Å². The molecule has 20 heavy (non-hydrogen) atoms. The van der Waals surface area contributed by atoms with Crippen molar-refractivity contribution in [1.29, 1.82) is 0 Å². The fourth-order valence-corrected chi connectivity index (χ4v) is 2.55. The van der Waals surface area contributed by atoms with Crippen molar-refractivity contribution in [3.05, 3.63) is 35.1 Å². The summed E-state index contributed by atoms with van der Waals surface area (Å²) in [5, 5.41) is 0. The van der Waals surface area contributed by atoms with E-state index >= 15 is 0 Å². The highest BCUT2D eigenvalue weighted by molar-refractivity contribution is 5.95. The van der Waals surface area contributed by atoms with E-state index in [2.05, 4.69) is 0 Å². The molecule has 2 unspecified atom stereocenters. The molecule has 1 amide bonds. The lowest BCUT2D eigenvalue weighted by Crippen LogP contribution is -2.47. The fourth-order valence-electron chi connectivity index (χ4n) is 2.55. The third kappa shape index (κ3) is 2.80. The van der Waals surface area contributed by atoms with E-state index in [9.17, 15) is 18.0 Å². The highest BCUT2D eigenvalue weighted by atomic mass is 19.1. The number of carbonyl (C=O) groups excluding carboxylic acids is 1. The van der Waals surface area contributed by atoms with Gasteiger partial charge in [-0.05, 0) is 32.2 Å². The molecule has 0 spiro atoms. The molecule has 0 radical (unpaired) electrons. The number of benzene rings is 1. The van der Waals surface area contributed by atoms with Crippen molar-refractivity contribution in [2.45, 2.75) is 25.8 Å². The van der Waals surface area contributed by atoms with Crippen molar-refractivity contribution in [1.82, 2.24) is 4.90 Å². The zero-order valence-electron chi connectivity index (χ0n) is 11.2. The molecule has 0 bridgehead atoms. The van der Waals surface area contributed by atoms with Gasteiger partial charge in [-0.2, -0.15) is 0 Å². The van der Waals surface area contributed by atoms with Gasteiger partial charge in [0.15, 0.2) is 0 Å².